The van der Waals surface area contributed by atoms with E-state index in [-0.39, 0.29) is 17.8 Å². The zero-order valence-corrected chi connectivity index (χ0v) is 11.0. The molecule has 0 atom stereocenters. The number of anilines is 1. The molecular formula is C14H18N2O3. The largest absolute Gasteiger partial charge is 0.465 e. The van der Waals surface area contributed by atoms with Gasteiger partial charge >= 0.3 is 5.97 Å². The smallest absolute Gasteiger partial charge is 0.337 e. The third kappa shape index (κ3) is 3.05. The third-order valence-corrected chi connectivity index (χ3v) is 3.55. The number of piperidine rings is 1. The van der Waals surface area contributed by atoms with E-state index in [4.69, 9.17) is 5.73 Å². The van der Waals surface area contributed by atoms with Crippen LogP contribution in [-0.4, -0.2) is 32.1 Å². The number of amides is 1. The maximum atomic E-state index is 11.3. The van der Waals surface area contributed by atoms with Gasteiger partial charge in [-0.15, -0.1) is 0 Å². The summed E-state index contributed by atoms with van der Waals surface area (Å²) in [6, 6.07) is 7.30. The summed E-state index contributed by atoms with van der Waals surface area (Å²) in [4.78, 5) is 24.6. The Labute approximate surface area is 112 Å². The maximum absolute atomic E-state index is 11.3. The Hall–Kier alpha value is -2.04. The van der Waals surface area contributed by atoms with Crippen LogP contribution in [0.25, 0.3) is 0 Å². The van der Waals surface area contributed by atoms with Gasteiger partial charge < -0.3 is 15.4 Å². The zero-order chi connectivity index (χ0) is 13.8. The first kappa shape index (κ1) is 13.4. The van der Waals surface area contributed by atoms with Crippen molar-refractivity contribution >= 4 is 17.6 Å². The molecule has 0 unspecified atom stereocenters. The summed E-state index contributed by atoms with van der Waals surface area (Å²) in [5.74, 6) is -0.551. The minimum Gasteiger partial charge on any atom is -0.465 e. The molecule has 2 rings (SSSR count). The van der Waals surface area contributed by atoms with Crippen molar-refractivity contribution in [3.63, 3.8) is 0 Å². The molecule has 1 amide bonds. The molecule has 5 nitrogen and oxygen atoms in total. The highest BCUT2D eigenvalue weighted by molar-refractivity contribution is 5.89. The number of carbonyl (C=O) groups excluding carboxylic acids is 2. The lowest BCUT2D eigenvalue weighted by Crippen LogP contribution is -2.38. The molecule has 0 saturated carbocycles. The first-order chi connectivity index (χ1) is 9.11. The quantitative estimate of drug-likeness (QED) is 0.830. The predicted molar refractivity (Wildman–Crippen MR) is 71.9 cm³/mol. The number of hydrogen-bond acceptors (Lipinski definition) is 4. The van der Waals surface area contributed by atoms with Gasteiger partial charge in [0.25, 0.3) is 0 Å². The third-order valence-electron chi connectivity index (χ3n) is 3.55. The van der Waals surface area contributed by atoms with E-state index in [0.717, 1.165) is 31.6 Å². The number of nitrogens with two attached hydrogens (primary N) is 1. The number of hydrogen-bond donors (Lipinski definition) is 1. The van der Waals surface area contributed by atoms with E-state index in [1.807, 2.05) is 12.1 Å². The van der Waals surface area contributed by atoms with Crippen LogP contribution in [0.2, 0.25) is 0 Å². The summed E-state index contributed by atoms with van der Waals surface area (Å²) in [6.45, 7) is 1.62. The summed E-state index contributed by atoms with van der Waals surface area (Å²) < 4.78 is 4.66. The molecule has 5 heteroatoms. The molecule has 1 aromatic carbocycles. The standard InChI is InChI=1S/C14H18N2O3/c1-19-14(18)11-2-4-12(5-3-11)16-8-6-10(7-9-16)13(15)17/h2-5,10H,6-9H2,1H3,(H2,15,17). The Morgan fingerprint density at radius 1 is 1.21 bits per heavy atom. The first-order valence-electron chi connectivity index (χ1n) is 6.34. The van der Waals surface area contributed by atoms with Crippen molar-refractivity contribution in [3.8, 4) is 0 Å². The van der Waals surface area contributed by atoms with Gasteiger partial charge in [0.2, 0.25) is 5.91 Å². The van der Waals surface area contributed by atoms with Crippen LogP contribution in [0.4, 0.5) is 5.69 Å². The van der Waals surface area contributed by atoms with E-state index in [9.17, 15) is 9.59 Å². The van der Waals surface area contributed by atoms with Crippen molar-refractivity contribution in [3.05, 3.63) is 29.8 Å². The van der Waals surface area contributed by atoms with Gasteiger partial charge in [0, 0.05) is 24.7 Å². The van der Waals surface area contributed by atoms with Gasteiger partial charge in [0.15, 0.2) is 0 Å². The lowest BCUT2D eigenvalue weighted by molar-refractivity contribution is -0.122. The van der Waals surface area contributed by atoms with Gasteiger partial charge in [0.1, 0.15) is 0 Å². The molecular weight excluding hydrogens is 244 g/mol. The number of rotatable bonds is 3. The minimum absolute atomic E-state index is 0.00871. The Balaban J connectivity index is 2.00. The molecule has 102 valence electrons. The van der Waals surface area contributed by atoms with Gasteiger partial charge in [-0.1, -0.05) is 0 Å². The molecule has 0 aromatic heterocycles. The van der Waals surface area contributed by atoms with Crippen LogP contribution >= 0.6 is 0 Å². The molecule has 1 aliphatic heterocycles. The lowest BCUT2D eigenvalue weighted by Gasteiger charge is -2.32. The molecule has 1 aromatic rings. The average Bonchev–Trinajstić information content (AvgIpc) is 2.46. The van der Waals surface area contributed by atoms with Crippen LogP contribution in [0, 0.1) is 5.92 Å². The Morgan fingerprint density at radius 3 is 2.26 bits per heavy atom. The molecule has 1 fully saturated rings. The molecule has 0 bridgehead atoms. The van der Waals surface area contributed by atoms with E-state index >= 15 is 0 Å². The van der Waals surface area contributed by atoms with Crippen LogP contribution in [-0.2, 0) is 9.53 Å². The van der Waals surface area contributed by atoms with Crippen molar-refractivity contribution < 1.29 is 14.3 Å². The molecule has 1 heterocycles. The molecule has 0 aliphatic carbocycles. The Bertz CT molecular complexity index is 462. The van der Waals surface area contributed by atoms with E-state index in [0.29, 0.717) is 5.56 Å². The van der Waals surface area contributed by atoms with Gasteiger partial charge in [-0.05, 0) is 37.1 Å². The molecule has 0 spiro atoms. The molecule has 0 radical (unpaired) electrons. The van der Waals surface area contributed by atoms with Crippen molar-refractivity contribution in [2.24, 2.45) is 11.7 Å². The van der Waals surface area contributed by atoms with Crippen molar-refractivity contribution in [1.82, 2.24) is 0 Å². The Kier molecular flexibility index (Phi) is 4.04. The number of esters is 1. The second-order valence-corrected chi connectivity index (χ2v) is 4.70. The predicted octanol–water partition coefficient (Wildman–Crippen LogP) is 1.17. The number of nitrogens with zero attached hydrogens (tertiary/aromatic N) is 1. The van der Waals surface area contributed by atoms with E-state index < -0.39 is 0 Å². The van der Waals surface area contributed by atoms with Gasteiger partial charge in [-0.25, -0.2) is 4.79 Å². The monoisotopic (exact) mass is 262 g/mol. The second kappa shape index (κ2) is 5.73. The summed E-state index contributed by atoms with van der Waals surface area (Å²) in [6.07, 6.45) is 1.57. The number of ether oxygens (including phenoxy) is 1. The highest BCUT2D eigenvalue weighted by Gasteiger charge is 2.23. The van der Waals surface area contributed by atoms with E-state index in [1.54, 1.807) is 12.1 Å². The van der Waals surface area contributed by atoms with Crippen molar-refractivity contribution in [1.29, 1.82) is 0 Å². The number of carbonyl (C=O) groups is 2. The van der Waals surface area contributed by atoms with Crippen LogP contribution in [0.1, 0.15) is 23.2 Å². The van der Waals surface area contributed by atoms with Gasteiger partial charge in [-0.3, -0.25) is 4.79 Å². The summed E-state index contributed by atoms with van der Waals surface area (Å²) in [5, 5.41) is 0. The fraction of sp³-hybridized carbons (Fsp3) is 0.429. The second-order valence-electron chi connectivity index (χ2n) is 4.70. The number of methoxy groups -OCH3 is 1. The number of benzene rings is 1. The molecule has 2 N–H and O–H groups in total. The topological polar surface area (TPSA) is 72.6 Å². The van der Waals surface area contributed by atoms with Crippen LogP contribution in [0.3, 0.4) is 0 Å². The highest BCUT2D eigenvalue weighted by Crippen LogP contribution is 2.23. The summed E-state index contributed by atoms with van der Waals surface area (Å²) >= 11 is 0. The van der Waals surface area contributed by atoms with E-state index in [2.05, 4.69) is 9.64 Å². The lowest BCUT2D eigenvalue weighted by atomic mass is 9.96. The van der Waals surface area contributed by atoms with Crippen LogP contribution in [0.5, 0.6) is 0 Å². The fourth-order valence-corrected chi connectivity index (χ4v) is 2.35. The van der Waals surface area contributed by atoms with Crippen molar-refractivity contribution in [2.45, 2.75) is 12.8 Å². The van der Waals surface area contributed by atoms with Crippen molar-refractivity contribution in [2.75, 3.05) is 25.1 Å². The highest BCUT2D eigenvalue weighted by atomic mass is 16.5. The average molecular weight is 262 g/mol. The maximum Gasteiger partial charge on any atom is 0.337 e. The minimum atomic E-state index is -0.334. The Morgan fingerprint density at radius 2 is 1.79 bits per heavy atom. The number of primary amides is 1. The van der Waals surface area contributed by atoms with Crippen LogP contribution < -0.4 is 10.6 Å². The zero-order valence-electron chi connectivity index (χ0n) is 11.0. The first-order valence-corrected chi connectivity index (χ1v) is 6.34. The molecule has 19 heavy (non-hydrogen) atoms. The van der Waals surface area contributed by atoms with Gasteiger partial charge in [0.05, 0.1) is 12.7 Å². The molecule has 1 saturated heterocycles. The van der Waals surface area contributed by atoms with Gasteiger partial charge in [-0.2, -0.15) is 0 Å². The summed E-state index contributed by atoms with van der Waals surface area (Å²) in [5.41, 5.74) is 6.90. The summed E-state index contributed by atoms with van der Waals surface area (Å²) in [7, 11) is 1.37. The fourth-order valence-electron chi connectivity index (χ4n) is 2.35. The van der Waals surface area contributed by atoms with E-state index in [1.165, 1.54) is 7.11 Å². The SMILES string of the molecule is COC(=O)c1ccc(N2CCC(C(N)=O)CC2)cc1. The van der Waals surface area contributed by atoms with Crippen LogP contribution in [0.15, 0.2) is 24.3 Å². The molecule has 1 aliphatic rings. The normalized spacial score (nSPS) is 16.2.